The van der Waals surface area contributed by atoms with Crippen molar-refractivity contribution < 1.29 is 81.4 Å². The first-order chi connectivity index (χ1) is 11.7. The van der Waals surface area contributed by atoms with Crippen LogP contribution in [0.15, 0.2) is 12.3 Å². The van der Waals surface area contributed by atoms with Gasteiger partial charge in [-0.1, -0.05) is 77.6 Å². The SMILES string of the molecule is CCCCCCCCCCCCCCC=COC(=O)CCC(=O)O.[H-].[H-].[Na+].[Na+]. The molecular weight excluding hydrogens is 350 g/mol. The van der Waals surface area contributed by atoms with Crippen LogP contribution in [0.5, 0.6) is 0 Å². The van der Waals surface area contributed by atoms with Crippen LogP contribution in [-0.2, 0) is 14.3 Å². The number of carboxylic acids is 1. The van der Waals surface area contributed by atoms with E-state index >= 15 is 0 Å². The van der Waals surface area contributed by atoms with Crippen molar-refractivity contribution in [1.82, 2.24) is 0 Å². The normalized spacial score (nSPS) is 10.2. The van der Waals surface area contributed by atoms with Gasteiger partial charge in [-0.25, -0.2) is 0 Å². The minimum atomic E-state index is -0.979. The summed E-state index contributed by atoms with van der Waals surface area (Å²) in [5, 5.41) is 8.44. The molecule has 0 atom stereocenters. The Labute approximate surface area is 207 Å². The van der Waals surface area contributed by atoms with Gasteiger partial charge in [0, 0.05) is 0 Å². The van der Waals surface area contributed by atoms with Gasteiger partial charge in [-0.2, -0.15) is 0 Å². The summed E-state index contributed by atoms with van der Waals surface area (Å²) in [5.41, 5.74) is 0. The zero-order valence-electron chi connectivity index (χ0n) is 19.4. The van der Waals surface area contributed by atoms with E-state index in [1.165, 1.54) is 76.9 Å². The Morgan fingerprint density at radius 1 is 0.808 bits per heavy atom. The molecule has 0 saturated heterocycles. The molecule has 0 aliphatic rings. The van der Waals surface area contributed by atoms with Crippen LogP contribution in [0.2, 0.25) is 0 Å². The molecule has 0 aliphatic heterocycles. The molecule has 0 aliphatic carbocycles. The van der Waals surface area contributed by atoms with Gasteiger partial charge in [0.1, 0.15) is 0 Å². The van der Waals surface area contributed by atoms with Crippen molar-refractivity contribution in [2.45, 2.75) is 103 Å². The molecule has 0 aromatic carbocycles. The number of carbonyl (C=O) groups is 2. The van der Waals surface area contributed by atoms with Gasteiger partial charge in [-0.05, 0) is 18.9 Å². The van der Waals surface area contributed by atoms with Gasteiger partial charge in [0.2, 0.25) is 0 Å². The molecule has 0 fully saturated rings. The molecule has 26 heavy (non-hydrogen) atoms. The number of hydrogen-bond acceptors (Lipinski definition) is 3. The Bertz CT molecular complexity index is 357. The average molecular weight is 389 g/mol. The number of rotatable bonds is 17. The van der Waals surface area contributed by atoms with Crippen LogP contribution in [0.4, 0.5) is 0 Å². The van der Waals surface area contributed by atoms with Gasteiger partial charge in [-0.15, -0.1) is 0 Å². The third kappa shape index (κ3) is 26.9. The number of hydrogen-bond donors (Lipinski definition) is 1. The summed E-state index contributed by atoms with van der Waals surface area (Å²) in [6.07, 6.45) is 19.8. The fraction of sp³-hybridized carbons (Fsp3) is 0.800. The number of aliphatic carboxylic acids is 1. The molecule has 6 heteroatoms. The number of carboxylic acid groups (broad SMARTS) is 1. The van der Waals surface area contributed by atoms with Gasteiger partial charge in [0.05, 0.1) is 19.1 Å². The van der Waals surface area contributed by atoms with Crippen molar-refractivity contribution in [1.29, 1.82) is 0 Å². The van der Waals surface area contributed by atoms with Crippen molar-refractivity contribution in [2.75, 3.05) is 0 Å². The first-order valence-corrected chi connectivity index (χ1v) is 9.73. The van der Waals surface area contributed by atoms with Crippen LogP contribution in [0.25, 0.3) is 0 Å². The maximum Gasteiger partial charge on any atom is 1.00 e. The van der Waals surface area contributed by atoms with E-state index < -0.39 is 11.9 Å². The zero-order chi connectivity index (χ0) is 17.9. The molecule has 0 rings (SSSR count). The molecule has 0 aromatic heterocycles. The third-order valence-electron chi connectivity index (χ3n) is 4.06. The summed E-state index contributed by atoms with van der Waals surface area (Å²) in [5.74, 6) is -1.46. The fourth-order valence-electron chi connectivity index (χ4n) is 2.56. The second kappa shape index (κ2) is 25.7. The number of carbonyl (C=O) groups excluding carboxylic acids is 1. The molecular formula is C20H38Na2O4. The van der Waals surface area contributed by atoms with E-state index in [0.717, 1.165) is 12.8 Å². The second-order valence-corrected chi connectivity index (χ2v) is 6.43. The van der Waals surface area contributed by atoms with Gasteiger partial charge < -0.3 is 12.7 Å². The van der Waals surface area contributed by atoms with E-state index in [1.54, 1.807) is 0 Å². The summed E-state index contributed by atoms with van der Waals surface area (Å²) in [4.78, 5) is 21.4. The zero-order valence-corrected chi connectivity index (χ0v) is 21.4. The first kappa shape index (κ1) is 31.4. The Balaban J connectivity index is -0.000000441. The van der Waals surface area contributed by atoms with Crippen molar-refractivity contribution in [3.05, 3.63) is 12.3 Å². The first-order valence-electron chi connectivity index (χ1n) is 9.73. The van der Waals surface area contributed by atoms with Crippen LogP contribution in [-0.4, -0.2) is 17.0 Å². The Morgan fingerprint density at radius 2 is 1.27 bits per heavy atom. The van der Waals surface area contributed by atoms with E-state index in [-0.39, 0.29) is 74.8 Å². The largest absolute Gasteiger partial charge is 1.00 e. The van der Waals surface area contributed by atoms with E-state index in [2.05, 4.69) is 6.92 Å². The summed E-state index contributed by atoms with van der Waals surface area (Å²) in [7, 11) is 0. The summed E-state index contributed by atoms with van der Waals surface area (Å²) in [6.45, 7) is 2.25. The van der Waals surface area contributed by atoms with Crippen molar-refractivity contribution in [2.24, 2.45) is 0 Å². The molecule has 0 bridgehead atoms. The maximum absolute atomic E-state index is 11.1. The minimum Gasteiger partial charge on any atom is -1.00 e. The van der Waals surface area contributed by atoms with Crippen molar-refractivity contribution >= 4 is 11.9 Å². The number of unbranched alkanes of at least 4 members (excludes halogenated alkanes) is 12. The molecule has 1 N–H and O–H groups in total. The van der Waals surface area contributed by atoms with Crippen LogP contribution in [0.1, 0.15) is 106 Å². The average Bonchev–Trinajstić information content (AvgIpc) is 2.56. The number of ether oxygens (including phenoxy) is 1. The molecule has 0 unspecified atom stereocenters. The quantitative estimate of drug-likeness (QED) is 0.168. The summed E-state index contributed by atoms with van der Waals surface area (Å²) in [6, 6.07) is 0. The van der Waals surface area contributed by atoms with E-state index in [4.69, 9.17) is 9.84 Å². The molecule has 0 radical (unpaired) electrons. The topological polar surface area (TPSA) is 63.6 Å². The Morgan fingerprint density at radius 3 is 1.73 bits per heavy atom. The summed E-state index contributed by atoms with van der Waals surface area (Å²) < 4.78 is 4.82. The van der Waals surface area contributed by atoms with Crippen molar-refractivity contribution in [3.8, 4) is 0 Å². The van der Waals surface area contributed by atoms with Gasteiger partial charge in [0.25, 0.3) is 0 Å². The predicted molar refractivity (Wildman–Crippen MR) is 100 cm³/mol. The Hall–Kier alpha value is 0.680. The van der Waals surface area contributed by atoms with Crippen LogP contribution in [0, 0.1) is 0 Å². The van der Waals surface area contributed by atoms with Gasteiger partial charge >= 0.3 is 71.1 Å². The summed E-state index contributed by atoms with van der Waals surface area (Å²) >= 11 is 0. The number of allylic oxidation sites excluding steroid dienone is 1. The molecule has 4 nitrogen and oxygen atoms in total. The maximum atomic E-state index is 11.1. The van der Waals surface area contributed by atoms with Gasteiger partial charge in [0.15, 0.2) is 0 Å². The van der Waals surface area contributed by atoms with Crippen LogP contribution in [0.3, 0.4) is 0 Å². The molecule has 0 heterocycles. The van der Waals surface area contributed by atoms with E-state index in [0.29, 0.717) is 0 Å². The second-order valence-electron chi connectivity index (χ2n) is 6.43. The van der Waals surface area contributed by atoms with Gasteiger partial charge in [-0.3, -0.25) is 9.59 Å². The minimum absolute atomic E-state index is 0. The Kier molecular flexibility index (Phi) is 31.0. The smallest absolute Gasteiger partial charge is 1.00 e. The molecule has 0 amide bonds. The monoisotopic (exact) mass is 388 g/mol. The van der Waals surface area contributed by atoms with Crippen LogP contribution < -0.4 is 59.1 Å². The predicted octanol–water partition coefficient (Wildman–Crippen LogP) is 0.232. The molecule has 0 aromatic rings. The molecule has 0 saturated carbocycles. The number of esters is 1. The molecule has 0 spiro atoms. The van der Waals surface area contributed by atoms with E-state index in [1.807, 2.05) is 6.08 Å². The molecule has 144 valence electrons. The standard InChI is InChI=1S/C20H36O4.2Na.2H/c1-2-3-4-5-6-7-8-9-10-11-12-13-14-15-18-24-20(23)17-16-19(21)22;;;;/h15,18H,2-14,16-17H2,1H3,(H,21,22);;;;/q;2*+1;2*-1. The van der Waals surface area contributed by atoms with E-state index in [9.17, 15) is 9.59 Å². The third-order valence-corrected chi connectivity index (χ3v) is 4.06. The van der Waals surface area contributed by atoms with Crippen molar-refractivity contribution in [3.63, 3.8) is 0 Å². The fourth-order valence-corrected chi connectivity index (χ4v) is 2.56. The van der Waals surface area contributed by atoms with Crippen LogP contribution >= 0.6 is 0 Å².